The molecule has 0 aliphatic rings. The average Bonchev–Trinajstić information content (AvgIpc) is 2.41. The molecule has 1 rings (SSSR count). The zero-order chi connectivity index (χ0) is 15.1. The molecule has 3 nitrogen and oxygen atoms in total. The minimum absolute atomic E-state index is 0.268. The number of hydrogen-bond acceptors (Lipinski definition) is 3. The van der Waals surface area contributed by atoms with Gasteiger partial charge in [0.1, 0.15) is 11.6 Å². The van der Waals surface area contributed by atoms with E-state index in [0.717, 1.165) is 30.9 Å². The van der Waals surface area contributed by atoms with Crippen LogP contribution in [0.5, 0.6) is 0 Å². The van der Waals surface area contributed by atoms with E-state index in [0.29, 0.717) is 18.5 Å². The maximum Gasteiger partial charge on any atom is 0.141 e. The molecular formula is C16H28FN3. The SMILES string of the molecule is CCC(C)N(CC)c1ncc(F)cc1CNCC(C)C. The first kappa shape index (κ1) is 16.9. The number of halogens is 1. The fraction of sp³-hybridized carbons (Fsp3) is 0.688. The lowest BCUT2D eigenvalue weighted by Crippen LogP contribution is -2.34. The van der Waals surface area contributed by atoms with Crippen molar-refractivity contribution in [3.05, 3.63) is 23.6 Å². The number of pyridine rings is 1. The van der Waals surface area contributed by atoms with Gasteiger partial charge in [-0.3, -0.25) is 0 Å². The lowest BCUT2D eigenvalue weighted by atomic mass is 10.1. The van der Waals surface area contributed by atoms with Crippen molar-refractivity contribution in [3.8, 4) is 0 Å². The van der Waals surface area contributed by atoms with Crippen molar-refractivity contribution < 1.29 is 4.39 Å². The van der Waals surface area contributed by atoms with Crippen molar-refractivity contribution in [1.82, 2.24) is 10.3 Å². The van der Waals surface area contributed by atoms with Crippen molar-refractivity contribution in [1.29, 1.82) is 0 Å². The molecule has 0 aliphatic heterocycles. The monoisotopic (exact) mass is 281 g/mol. The van der Waals surface area contributed by atoms with Crippen molar-refractivity contribution in [2.75, 3.05) is 18.0 Å². The van der Waals surface area contributed by atoms with E-state index < -0.39 is 0 Å². The van der Waals surface area contributed by atoms with Crippen molar-refractivity contribution in [2.45, 2.75) is 53.6 Å². The van der Waals surface area contributed by atoms with Gasteiger partial charge in [0.25, 0.3) is 0 Å². The smallest absolute Gasteiger partial charge is 0.141 e. The summed E-state index contributed by atoms with van der Waals surface area (Å²) in [5.41, 5.74) is 0.938. The summed E-state index contributed by atoms with van der Waals surface area (Å²) >= 11 is 0. The van der Waals surface area contributed by atoms with Gasteiger partial charge in [-0.15, -0.1) is 0 Å². The molecule has 0 spiro atoms. The number of aromatic nitrogens is 1. The molecular weight excluding hydrogens is 253 g/mol. The van der Waals surface area contributed by atoms with Crippen LogP contribution < -0.4 is 10.2 Å². The fourth-order valence-corrected chi connectivity index (χ4v) is 2.25. The van der Waals surface area contributed by atoms with Crippen LogP contribution in [0.2, 0.25) is 0 Å². The van der Waals surface area contributed by atoms with Gasteiger partial charge in [0, 0.05) is 24.7 Å². The predicted octanol–water partition coefficient (Wildman–Crippen LogP) is 3.59. The van der Waals surface area contributed by atoms with Crippen LogP contribution in [0.3, 0.4) is 0 Å². The molecule has 20 heavy (non-hydrogen) atoms. The molecule has 4 heteroatoms. The van der Waals surface area contributed by atoms with E-state index >= 15 is 0 Å². The molecule has 1 heterocycles. The number of nitrogens with one attached hydrogen (secondary N) is 1. The second-order valence-electron chi connectivity index (χ2n) is 5.70. The minimum atomic E-state index is -0.268. The summed E-state index contributed by atoms with van der Waals surface area (Å²) in [7, 11) is 0. The number of nitrogens with zero attached hydrogens (tertiary/aromatic N) is 2. The van der Waals surface area contributed by atoms with Gasteiger partial charge in [-0.25, -0.2) is 9.37 Å². The van der Waals surface area contributed by atoms with E-state index in [1.54, 1.807) is 6.07 Å². The van der Waals surface area contributed by atoms with E-state index in [2.05, 4.69) is 49.8 Å². The van der Waals surface area contributed by atoms with Crippen LogP contribution in [0.25, 0.3) is 0 Å². The molecule has 1 aromatic rings. The van der Waals surface area contributed by atoms with Gasteiger partial charge >= 0.3 is 0 Å². The van der Waals surface area contributed by atoms with E-state index in [4.69, 9.17) is 0 Å². The first-order valence-electron chi connectivity index (χ1n) is 7.61. The average molecular weight is 281 g/mol. The van der Waals surface area contributed by atoms with Gasteiger partial charge < -0.3 is 10.2 Å². The van der Waals surface area contributed by atoms with E-state index in [-0.39, 0.29) is 5.82 Å². The van der Waals surface area contributed by atoms with Crippen LogP contribution >= 0.6 is 0 Å². The summed E-state index contributed by atoms with van der Waals surface area (Å²) in [6.45, 7) is 13.2. The third-order valence-corrected chi connectivity index (χ3v) is 3.51. The summed E-state index contributed by atoms with van der Waals surface area (Å²) in [4.78, 5) is 6.57. The maximum atomic E-state index is 13.5. The second-order valence-corrected chi connectivity index (χ2v) is 5.70. The second kappa shape index (κ2) is 8.20. The normalized spacial score (nSPS) is 12.8. The molecule has 114 valence electrons. The van der Waals surface area contributed by atoms with Gasteiger partial charge in [-0.1, -0.05) is 20.8 Å². The number of anilines is 1. The minimum Gasteiger partial charge on any atom is -0.354 e. The number of hydrogen-bond donors (Lipinski definition) is 1. The lowest BCUT2D eigenvalue weighted by Gasteiger charge is -2.30. The predicted molar refractivity (Wildman–Crippen MR) is 83.5 cm³/mol. The molecule has 0 bridgehead atoms. The highest BCUT2D eigenvalue weighted by Crippen LogP contribution is 2.21. The molecule has 0 radical (unpaired) electrons. The van der Waals surface area contributed by atoms with Gasteiger partial charge in [0.05, 0.1) is 6.20 Å². The Morgan fingerprint density at radius 2 is 2.00 bits per heavy atom. The Kier molecular flexibility index (Phi) is 6.93. The standard InChI is InChI=1S/C16H28FN3/c1-6-13(5)20(7-2)16-14(8-15(17)11-19-16)10-18-9-12(3)4/h8,11-13,18H,6-7,9-10H2,1-5H3. The van der Waals surface area contributed by atoms with Crippen LogP contribution in [0.4, 0.5) is 10.2 Å². The summed E-state index contributed by atoms with van der Waals surface area (Å²) in [6.07, 6.45) is 2.36. The molecule has 0 saturated carbocycles. The fourth-order valence-electron chi connectivity index (χ4n) is 2.25. The third kappa shape index (κ3) is 4.75. The molecule has 1 aromatic heterocycles. The zero-order valence-electron chi connectivity index (χ0n) is 13.4. The molecule has 0 saturated heterocycles. The Hall–Kier alpha value is -1.16. The molecule has 0 fully saturated rings. The largest absolute Gasteiger partial charge is 0.354 e. The van der Waals surface area contributed by atoms with Gasteiger partial charge in [0.2, 0.25) is 0 Å². The van der Waals surface area contributed by atoms with Crippen LogP contribution in [-0.4, -0.2) is 24.1 Å². The van der Waals surface area contributed by atoms with Crippen LogP contribution in [0.1, 0.15) is 46.6 Å². The molecule has 0 aliphatic carbocycles. The first-order valence-corrected chi connectivity index (χ1v) is 7.61. The Morgan fingerprint density at radius 3 is 2.55 bits per heavy atom. The van der Waals surface area contributed by atoms with Crippen LogP contribution in [0, 0.1) is 11.7 Å². The Morgan fingerprint density at radius 1 is 1.30 bits per heavy atom. The first-order chi connectivity index (χ1) is 9.49. The Bertz CT molecular complexity index is 407. The van der Waals surface area contributed by atoms with E-state index in [1.165, 1.54) is 6.20 Å². The summed E-state index contributed by atoms with van der Waals surface area (Å²) < 4.78 is 13.5. The van der Waals surface area contributed by atoms with Crippen LogP contribution in [-0.2, 0) is 6.54 Å². The molecule has 1 N–H and O–H groups in total. The highest BCUT2D eigenvalue weighted by atomic mass is 19.1. The van der Waals surface area contributed by atoms with E-state index in [1.807, 2.05) is 0 Å². The molecule has 1 atom stereocenters. The lowest BCUT2D eigenvalue weighted by molar-refractivity contribution is 0.545. The topological polar surface area (TPSA) is 28.2 Å². The van der Waals surface area contributed by atoms with E-state index in [9.17, 15) is 4.39 Å². The number of rotatable bonds is 8. The molecule has 0 aromatic carbocycles. The summed E-state index contributed by atoms with van der Waals surface area (Å²) in [6, 6.07) is 2.00. The highest BCUT2D eigenvalue weighted by Gasteiger charge is 2.16. The summed E-state index contributed by atoms with van der Waals surface area (Å²) in [5, 5.41) is 3.37. The van der Waals surface area contributed by atoms with Crippen molar-refractivity contribution >= 4 is 5.82 Å². The molecule has 1 unspecified atom stereocenters. The van der Waals surface area contributed by atoms with Crippen molar-refractivity contribution in [2.24, 2.45) is 5.92 Å². The Labute approximate surface area is 122 Å². The van der Waals surface area contributed by atoms with Crippen molar-refractivity contribution in [3.63, 3.8) is 0 Å². The van der Waals surface area contributed by atoms with Gasteiger partial charge in [-0.05, 0) is 38.8 Å². The molecule has 0 amide bonds. The zero-order valence-corrected chi connectivity index (χ0v) is 13.4. The van der Waals surface area contributed by atoms with Gasteiger partial charge in [-0.2, -0.15) is 0 Å². The third-order valence-electron chi connectivity index (χ3n) is 3.51. The highest BCUT2D eigenvalue weighted by molar-refractivity contribution is 5.47. The van der Waals surface area contributed by atoms with Crippen LogP contribution in [0.15, 0.2) is 12.3 Å². The quantitative estimate of drug-likeness (QED) is 0.789. The Balaban J connectivity index is 2.93. The summed E-state index contributed by atoms with van der Waals surface area (Å²) in [5.74, 6) is 1.21. The maximum absolute atomic E-state index is 13.5. The van der Waals surface area contributed by atoms with Gasteiger partial charge in [0.15, 0.2) is 0 Å².